The zero-order valence-electron chi connectivity index (χ0n) is 16.2. The van der Waals surface area contributed by atoms with Gasteiger partial charge in [-0.2, -0.15) is 5.10 Å². The van der Waals surface area contributed by atoms with Crippen LogP contribution >= 0.6 is 35.0 Å². The van der Waals surface area contributed by atoms with Crippen molar-refractivity contribution in [2.45, 2.75) is 19.6 Å². The van der Waals surface area contributed by atoms with Gasteiger partial charge in [0.1, 0.15) is 0 Å². The summed E-state index contributed by atoms with van der Waals surface area (Å²) < 4.78 is 2.11. The van der Waals surface area contributed by atoms with Crippen molar-refractivity contribution in [3.8, 4) is 5.69 Å². The first-order valence-corrected chi connectivity index (χ1v) is 10.9. The average molecular weight is 446 g/mol. The van der Waals surface area contributed by atoms with Gasteiger partial charge in [-0.3, -0.25) is 4.79 Å². The molecule has 0 aliphatic carbocycles. The second kappa shape index (κ2) is 10.0. The molecule has 0 bridgehead atoms. The van der Waals surface area contributed by atoms with Crippen molar-refractivity contribution in [2.24, 2.45) is 5.10 Å². The van der Waals surface area contributed by atoms with Crippen LogP contribution in [0.4, 0.5) is 0 Å². The van der Waals surface area contributed by atoms with E-state index in [9.17, 15) is 4.79 Å². The van der Waals surface area contributed by atoms with Crippen molar-refractivity contribution < 1.29 is 4.79 Å². The van der Waals surface area contributed by atoms with Gasteiger partial charge in [-0.1, -0.05) is 41.4 Å². The molecule has 0 unspecified atom stereocenters. The molecule has 3 aromatic rings. The summed E-state index contributed by atoms with van der Waals surface area (Å²) in [7, 11) is 0. The molecule has 0 aliphatic rings. The SMILES string of the molecule is Cc1cc(/C=N\NC(=O)CSCc2ccc(Cl)cc2)c(C)n1-c1cccc(Cl)c1. The number of halogens is 2. The molecule has 150 valence electrons. The fourth-order valence-corrected chi connectivity index (χ4v) is 4.07. The minimum Gasteiger partial charge on any atom is -0.318 e. The molecule has 0 aliphatic heterocycles. The van der Waals surface area contributed by atoms with Crippen molar-refractivity contribution in [1.82, 2.24) is 9.99 Å². The number of thioether (sulfide) groups is 1. The maximum atomic E-state index is 12.0. The summed E-state index contributed by atoms with van der Waals surface area (Å²) in [6.07, 6.45) is 1.67. The first-order chi connectivity index (χ1) is 13.9. The number of rotatable bonds is 7. The number of aromatic nitrogens is 1. The Bertz CT molecular complexity index is 1030. The Kier molecular flexibility index (Phi) is 7.42. The van der Waals surface area contributed by atoms with Crippen LogP contribution in [0.3, 0.4) is 0 Å². The van der Waals surface area contributed by atoms with Crippen LogP contribution in [0.25, 0.3) is 5.69 Å². The number of hydrogen-bond donors (Lipinski definition) is 1. The quantitative estimate of drug-likeness (QED) is 0.369. The van der Waals surface area contributed by atoms with E-state index >= 15 is 0 Å². The average Bonchev–Trinajstić information content (AvgIpc) is 2.97. The number of hydrazone groups is 1. The van der Waals surface area contributed by atoms with Gasteiger partial charge in [0.2, 0.25) is 5.91 Å². The molecule has 0 fully saturated rings. The summed E-state index contributed by atoms with van der Waals surface area (Å²) in [5, 5.41) is 5.51. The Balaban J connectivity index is 1.55. The van der Waals surface area contributed by atoms with Crippen LogP contribution in [0.5, 0.6) is 0 Å². The van der Waals surface area contributed by atoms with E-state index in [0.717, 1.165) is 34.0 Å². The highest BCUT2D eigenvalue weighted by molar-refractivity contribution is 7.99. The molecule has 7 heteroatoms. The number of amides is 1. The van der Waals surface area contributed by atoms with Crippen molar-refractivity contribution in [2.75, 3.05) is 5.75 Å². The number of hydrogen-bond acceptors (Lipinski definition) is 3. The fraction of sp³-hybridized carbons (Fsp3) is 0.182. The van der Waals surface area contributed by atoms with Crippen LogP contribution in [0.1, 0.15) is 22.5 Å². The normalized spacial score (nSPS) is 11.2. The molecule has 1 N–H and O–H groups in total. The second-order valence-electron chi connectivity index (χ2n) is 6.55. The predicted molar refractivity (Wildman–Crippen MR) is 124 cm³/mol. The maximum absolute atomic E-state index is 12.0. The summed E-state index contributed by atoms with van der Waals surface area (Å²) >= 11 is 13.5. The molecule has 0 atom stereocenters. The van der Waals surface area contributed by atoms with Gasteiger partial charge < -0.3 is 4.57 Å². The van der Waals surface area contributed by atoms with Crippen LogP contribution in [0.15, 0.2) is 59.7 Å². The molecule has 2 aromatic carbocycles. The van der Waals surface area contributed by atoms with Crippen LogP contribution in [-0.2, 0) is 10.5 Å². The largest absolute Gasteiger partial charge is 0.318 e. The molecular formula is C22H21Cl2N3OS. The van der Waals surface area contributed by atoms with E-state index < -0.39 is 0 Å². The highest BCUT2D eigenvalue weighted by Gasteiger charge is 2.10. The zero-order valence-corrected chi connectivity index (χ0v) is 18.5. The van der Waals surface area contributed by atoms with Crippen molar-refractivity contribution in [1.29, 1.82) is 0 Å². The molecule has 1 aromatic heterocycles. The third kappa shape index (κ3) is 5.89. The number of aryl methyl sites for hydroxylation is 1. The van der Waals surface area contributed by atoms with Gasteiger partial charge in [0.15, 0.2) is 0 Å². The highest BCUT2D eigenvalue weighted by atomic mass is 35.5. The van der Waals surface area contributed by atoms with E-state index in [1.54, 1.807) is 6.21 Å². The highest BCUT2D eigenvalue weighted by Crippen LogP contribution is 2.22. The molecular weight excluding hydrogens is 425 g/mol. The third-order valence-electron chi connectivity index (χ3n) is 4.34. The molecule has 29 heavy (non-hydrogen) atoms. The topological polar surface area (TPSA) is 46.4 Å². The molecule has 0 saturated carbocycles. The van der Waals surface area contributed by atoms with Crippen molar-refractivity contribution in [3.63, 3.8) is 0 Å². The Hall–Kier alpha value is -2.21. The Labute approximate surface area is 184 Å². The lowest BCUT2D eigenvalue weighted by Gasteiger charge is -2.09. The lowest BCUT2D eigenvalue weighted by molar-refractivity contribution is -0.118. The van der Waals surface area contributed by atoms with Gasteiger partial charge in [0.05, 0.1) is 12.0 Å². The van der Waals surface area contributed by atoms with E-state index in [2.05, 4.69) is 15.1 Å². The lowest BCUT2D eigenvalue weighted by Crippen LogP contribution is -2.19. The molecule has 0 saturated heterocycles. The van der Waals surface area contributed by atoms with Crippen LogP contribution in [-0.4, -0.2) is 22.4 Å². The summed E-state index contributed by atoms with van der Waals surface area (Å²) in [6, 6.07) is 17.3. The second-order valence-corrected chi connectivity index (χ2v) is 8.41. The lowest BCUT2D eigenvalue weighted by atomic mass is 10.2. The van der Waals surface area contributed by atoms with E-state index in [1.165, 1.54) is 11.8 Å². The summed E-state index contributed by atoms with van der Waals surface area (Å²) in [5.41, 5.74) is 7.75. The number of carbonyl (C=O) groups is 1. The van der Waals surface area contributed by atoms with E-state index in [0.29, 0.717) is 15.8 Å². The Morgan fingerprint density at radius 1 is 1.10 bits per heavy atom. The number of carbonyl (C=O) groups excluding carboxylic acids is 1. The number of benzene rings is 2. The Morgan fingerprint density at radius 3 is 2.59 bits per heavy atom. The van der Waals surface area contributed by atoms with Gasteiger partial charge >= 0.3 is 0 Å². The number of nitrogens with one attached hydrogen (secondary N) is 1. The monoisotopic (exact) mass is 445 g/mol. The van der Waals surface area contributed by atoms with Crippen LogP contribution in [0, 0.1) is 13.8 Å². The molecule has 3 rings (SSSR count). The zero-order chi connectivity index (χ0) is 20.8. The van der Waals surface area contributed by atoms with Gasteiger partial charge in [0, 0.05) is 38.4 Å². The summed E-state index contributed by atoms with van der Waals surface area (Å²) in [6.45, 7) is 4.04. The summed E-state index contributed by atoms with van der Waals surface area (Å²) in [4.78, 5) is 12.0. The van der Waals surface area contributed by atoms with Crippen molar-refractivity contribution >= 4 is 47.1 Å². The van der Waals surface area contributed by atoms with Crippen molar-refractivity contribution in [3.05, 3.63) is 87.2 Å². The Morgan fingerprint density at radius 2 is 1.86 bits per heavy atom. The standard InChI is InChI=1S/C22H21Cl2N3OS/c1-15-10-18(16(2)27(15)21-5-3-4-20(24)11-21)12-25-26-22(28)14-29-13-17-6-8-19(23)9-7-17/h3-12H,13-14H2,1-2H3,(H,26,28)/b25-12-. The van der Waals surface area contributed by atoms with Gasteiger partial charge in [-0.15, -0.1) is 11.8 Å². The predicted octanol–water partition coefficient (Wildman–Crippen LogP) is 5.78. The van der Waals surface area contributed by atoms with Crippen LogP contribution in [0.2, 0.25) is 10.0 Å². The minimum atomic E-state index is -0.135. The first kappa shape index (κ1) is 21.5. The first-order valence-electron chi connectivity index (χ1n) is 9.03. The fourth-order valence-electron chi connectivity index (χ4n) is 2.98. The maximum Gasteiger partial charge on any atom is 0.250 e. The van der Waals surface area contributed by atoms with E-state index in [4.69, 9.17) is 23.2 Å². The van der Waals surface area contributed by atoms with E-state index in [1.807, 2.05) is 68.4 Å². The summed E-state index contributed by atoms with van der Waals surface area (Å²) in [5.74, 6) is 0.945. The molecule has 1 amide bonds. The van der Waals surface area contributed by atoms with Gasteiger partial charge in [-0.05, 0) is 55.8 Å². The van der Waals surface area contributed by atoms with E-state index in [-0.39, 0.29) is 5.91 Å². The smallest absolute Gasteiger partial charge is 0.250 e. The minimum absolute atomic E-state index is 0.135. The molecule has 0 spiro atoms. The van der Waals surface area contributed by atoms with Gasteiger partial charge in [-0.25, -0.2) is 5.43 Å². The molecule has 1 heterocycles. The number of nitrogens with zero attached hydrogens (tertiary/aromatic N) is 2. The molecule has 0 radical (unpaired) electrons. The van der Waals surface area contributed by atoms with Gasteiger partial charge in [0.25, 0.3) is 0 Å². The third-order valence-corrected chi connectivity index (χ3v) is 5.84. The van der Waals surface area contributed by atoms with Crippen LogP contribution < -0.4 is 5.43 Å². The molecule has 4 nitrogen and oxygen atoms in total.